The van der Waals surface area contributed by atoms with Crippen LogP contribution in [-0.2, 0) is 4.74 Å². The number of ether oxygens (including phenoxy) is 1. The Labute approximate surface area is 118 Å². The highest BCUT2D eigenvalue weighted by molar-refractivity contribution is 14.1. The van der Waals surface area contributed by atoms with E-state index in [1.165, 1.54) is 6.07 Å². The van der Waals surface area contributed by atoms with Gasteiger partial charge in [-0.05, 0) is 46.5 Å². The lowest BCUT2D eigenvalue weighted by Gasteiger charge is -2.11. The Balaban J connectivity index is 3.35. The van der Waals surface area contributed by atoms with Gasteiger partial charge in [-0.3, -0.25) is 0 Å². The largest absolute Gasteiger partial charge is 0.465 e. The molecule has 0 fully saturated rings. The van der Waals surface area contributed by atoms with Crippen LogP contribution in [0.2, 0.25) is 0 Å². The number of carbonyl (C=O) groups is 1. The summed E-state index contributed by atoms with van der Waals surface area (Å²) in [6, 6.07) is 4.07. The van der Waals surface area contributed by atoms with Gasteiger partial charge in [0.05, 0.1) is 18.2 Å². The minimum Gasteiger partial charge on any atom is -0.465 e. The number of esters is 1. The first-order valence-corrected chi connectivity index (χ1v) is 6.26. The van der Waals surface area contributed by atoms with E-state index in [-0.39, 0.29) is 31.4 Å². The van der Waals surface area contributed by atoms with Crippen LogP contribution in [0.25, 0.3) is 0 Å². The van der Waals surface area contributed by atoms with E-state index >= 15 is 0 Å². The first-order valence-electron chi connectivity index (χ1n) is 4.36. The molecule has 1 aromatic carbocycles. The molecule has 0 aliphatic rings. The van der Waals surface area contributed by atoms with Gasteiger partial charge in [0, 0.05) is 8.47 Å². The number of hydrogen-bond acceptors (Lipinski definition) is 4. The molecule has 96 valence electrons. The summed E-state index contributed by atoms with van der Waals surface area (Å²) in [5.74, 6) is -0.833. The molecule has 0 radical (unpaired) electrons. The van der Waals surface area contributed by atoms with E-state index < -0.39 is 11.5 Å². The van der Waals surface area contributed by atoms with Crippen molar-refractivity contribution in [2.24, 2.45) is 0 Å². The number of thioether (sulfide) groups is 1. The zero-order valence-electron chi connectivity index (χ0n) is 8.84. The predicted molar refractivity (Wildman–Crippen MR) is 67.1 cm³/mol. The third-order valence-corrected chi connectivity index (χ3v) is 4.12. The summed E-state index contributed by atoms with van der Waals surface area (Å²) in [6.07, 6.45) is 0. The number of halogens is 4. The maximum absolute atomic E-state index is 12.3. The molecule has 0 heterocycles. The van der Waals surface area contributed by atoms with Crippen molar-refractivity contribution >= 4 is 40.3 Å². The van der Waals surface area contributed by atoms with Gasteiger partial charge in [-0.2, -0.15) is 18.4 Å². The standard InChI is InChI=1S/C10H5F3INO2S/c1-17-9(16)7-5(4-15)2-3-6(8(7)14)18-10(11,12)13/h2-3H,1H3. The third-order valence-electron chi connectivity index (χ3n) is 1.84. The van der Waals surface area contributed by atoms with Gasteiger partial charge in [-0.15, -0.1) is 0 Å². The van der Waals surface area contributed by atoms with Gasteiger partial charge in [-0.1, -0.05) is 0 Å². The van der Waals surface area contributed by atoms with Gasteiger partial charge < -0.3 is 4.74 Å². The molecule has 0 bridgehead atoms. The molecule has 0 saturated heterocycles. The van der Waals surface area contributed by atoms with Crippen LogP contribution in [0.15, 0.2) is 17.0 Å². The summed E-state index contributed by atoms with van der Waals surface area (Å²) >= 11 is 1.26. The summed E-state index contributed by atoms with van der Waals surface area (Å²) < 4.78 is 41.4. The summed E-state index contributed by atoms with van der Waals surface area (Å²) in [6.45, 7) is 0. The monoisotopic (exact) mass is 387 g/mol. The van der Waals surface area contributed by atoms with Crippen molar-refractivity contribution in [3.8, 4) is 6.07 Å². The van der Waals surface area contributed by atoms with E-state index in [0.717, 1.165) is 13.2 Å². The zero-order chi connectivity index (χ0) is 13.9. The second-order valence-corrected chi connectivity index (χ2v) is 5.14. The van der Waals surface area contributed by atoms with Crippen LogP contribution in [0, 0.1) is 14.9 Å². The van der Waals surface area contributed by atoms with Crippen LogP contribution in [0.5, 0.6) is 0 Å². The molecule has 0 amide bonds. The SMILES string of the molecule is COC(=O)c1c(C#N)ccc(SC(F)(F)F)c1I. The minimum absolute atomic E-state index is 0.0159. The molecule has 0 spiro atoms. The summed E-state index contributed by atoms with van der Waals surface area (Å²) in [5, 5.41) is 8.82. The fourth-order valence-electron chi connectivity index (χ4n) is 1.16. The lowest BCUT2D eigenvalue weighted by atomic mass is 10.1. The van der Waals surface area contributed by atoms with Crippen LogP contribution >= 0.6 is 34.4 Å². The quantitative estimate of drug-likeness (QED) is 0.443. The molecule has 0 atom stereocenters. The smallest absolute Gasteiger partial charge is 0.446 e. The molecular weight excluding hydrogens is 382 g/mol. The summed E-state index contributed by atoms with van der Waals surface area (Å²) in [4.78, 5) is 11.3. The van der Waals surface area contributed by atoms with Crippen LogP contribution < -0.4 is 0 Å². The normalized spacial score (nSPS) is 10.9. The van der Waals surface area contributed by atoms with E-state index in [9.17, 15) is 18.0 Å². The number of alkyl halides is 3. The third kappa shape index (κ3) is 3.52. The van der Waals surface area contributed by atoms with Crippen LogP contribution in [0.1, 0.15) is 15.9 Å². The van der Waals surface area contributed by atoms with E-state index in [0.29, 0.717) is 0 Å². The highest BCUT2D eigenvalue weighted by atomic mass is 127. The molecule has 0 unspecified atom stereocenters. The van der Waals surface area contributed by atoms with E-state index in [2.05, 4.69) is 4.74 Å². The van der Waals surface area contributed by atoms with Crippen molar-refractivity contribution in [3.05, 3.63) is 26.8 Å². The fourth-order valence-corrected chi connectivity index (χ4v) is 2.75. The Bertz CT molecular complexity index is 525. The van der Waals surface area contributed by atoms with Crippen molar-refractivity contribution in [2.75, 3.05) is 7.11 Å². The fraction of sp³-hybridized carbons (Fsp3) is 0.200. The number of nitriles is 1. The van der Waals surface area contributed by atoms with Crippen molar-refractivity contribution in [3.63, 3.8) is 0 Å². The average Bonchev–Trinajstić information content (AvgIpc) is 2.29. The Morgan fingerprint density at radius 3 is 2.56 bits per heavy atom. The lowest BCUT2D eigenvalue weighted by Crippen LogP contribution is -2.09. The van der Waals surface area contributed by atoms with Crippen molar-refractivity contribution in [1.82, 2.24) is 0 Å². The minimum atomic E-state index is -4.46. The maximum atomic E-state index is 12.3. The van der Waals surface area contributed by atoms with Gasteiger partial charge >= 0.3 is 11.5 Å². The van der Waals surface area contributed by atoms with E-state index in [1.807, 2.05) is 0 Å². The van der Waals surface area contributed by atoms with Gasteiger partial charge in [-0.25, -0.2) is 4.79 Å². The van der Waals surface area contributed by atoms with E-state index in [1.54, 1.807) is 28.7 Å². The predicted octanol–water partition coefficient (Wildman–Crippen LogP) is 3.56. The van der Waals surface area contributed by atoms with Crippen LogP contribution in [0.4, 0.5) is 13.2 Å². The average molecular weight is 387 g/mol. The lowest BCUT2D eigenvalue weighted by molar-refractivity contribution is -0.0328. The molecule has 0 aliphatic heterocycles. The highest BCUT2D eigenvalue weighted by Crippen LogP contribution is 2.40. The van der Waals surface area contributed by atoms with Crippen molar-refractivity contribution < 1.29 is 22.7 Å². The molecule has 0 N–H and O–H groups in total. The molecule has 0 aromatic heterocycles. The first-order chi connectivity index (χ1) is 8.30. The van der Waals surface area contributed by atoms with Crippen molar-refractivity contribution in [2.45, 2.75) is 10.4 Å². The second-order valence-electron chi connectivity index (χ2n) is 2.95. The molecule has 1 aromatic rings. The Kier molecular flexibility index (Phi) is 4.86. The molecule has 0 saturated carbocycles. The number of nitrogens with zero attached hydrogens (tertiary/aromatic N) is 1. The number of benzene rings is 1. The highest BCUT2D eigenvalue weighted by Gasteiger charge is 2.31. The first kappa shape index (κ1) is 15.1. The zero-order valence-corrected chi connectivity index (χ0v) is 11.8. The molecule has 1 rings (SSSR count). The summed E-state index contributed by atoms with van der Waals surface area (Å²) in [5.41, 5.74) is -4.62. The van der Waals surface area contributed by atoms with Gasteiger partial charge in [0.15, 0.2) is 0 Å². The van der Waals surface area contributed by atoms with Crippen LogP contribution in [0.3, 0.4) is 0 Å². The molecular formula is C10H5F3INO2S. The maximum Gasteiger partial charge on any atom is 0.446 e. The second kappa shape index (κ2) is 5.79. The Morgan fingerprint density at radius 1 is 1.50 bits per heavy atom. The van der Waals surface area contributed by atoms with Gasteiger partial charge in [0.25, 0.3) is 0 Å². The number of methoxy groups -OCH3 is 1. The summed E-state index contributed by atoms with van der Waals surface area (Å²) in [7, 11) is 1.10. The van der Waals surface area contributed by atoms with Gasteiger partial charge in [0.1, 0.15) is 6.07 Å². The number of rotatable bonds is 2. The van der Waals surface area contributed by atoms with Crippen LogP contribution in [-0.4, -0.2) is 18.6 Å². The topological polar surface area (TPSA) is 50.1 Å². The Morgan fingerprint density at radius 2 is 2.11 bits per heavy atom. The Hall–Kier alpha value is -0.950. The number of hydrogen-bond donors (Lipinski definition) is 0. The van der Waals surface area contributed by atoms with Gasteiger partial charge in [0.2, 0.25) is 0 Å². The molecule has 18 heavy (non-hydrogen) atoms. The molecule has 3 nitrogen and oxygen atoms in total. The molecule has 0 aliphatic carbocycles. The number of carbonyl (C=O) groups excluding carboxylic acids is 1. The molecule has 8 heteroatoms. The van der Waals surface area contributed by atoms with E-state index in [4.69, 9.17) is 5.26 Å². The van der Waals surface area contributed by atoms with Crippen molar-refractivity contribution in [1.29, 1.82) is 5.26 Å².